The highest BCUT2D eigenvalue weighted by Gasteiger charge is 2.21. The lowest BCUT2D eigenvalue weighted by Crippen LogP contribution is -2.37. The number of benzene rings is 1. The van der Waals surface area contributed by atoms with Gasteiger partial charge in [0.25, 0.3) is 0 Å². The van der Waals surface area contributed by atoms with Crippen molar-refractivity contribution in [3.63, 3.8) is 0 Å². The lowest BCUT2D eigenvalue weighted by Gasteiger charge is -2.29. The van der Waals surface area contributed by atoms with E-state index in [4.69, 9.17) is 5.11 Å². The van der Waals surface area contributed by atoms with Crippen molar-refractivity contribution >= 4 is 6.09 Å². The lowest BCUT2D eigenvalue weighted by atomic mass is 9.91. The van der Waals surface area contributed by atoms with Crippen LogP contribution < -0.4 is 0 Å². The average Bonchev–Trinajstić information content (AvgIpc) is 2.41. The second-order valence-corrected chi connectivity index (χ2v) is 5.23. The van der Waals surface area contributed by atoms with Crippen LogP contribution in [0.15, 0.2) is 24.3 Å². The van der Waals surface area contributed by atoms with Gasteiger partial charge in [0.05, 0.1) is 0 Å². The van der Waals surface area contributed by atoms with Gasteiger partial charge in [0.1, 0.15) is 5.82 Å². The van der Waals surface area contributed by atoms with Crippen LogP contribution in [0.2, 0.25) is 0 Å². The number of nitrogens with zero attached hydrogens (tertiary/aromatic N) is 1. The third-order valence-corrected chi connectivity index (χ3v) is 3.88. The zero-order chi connectivity index (χ0) is 13.7. The highest BCUT2D eigenvalue weighted by atomic mass is 19.1. The van der Waals surface area contributed by atoms with Crippen molar-refractivity contribution < 1.29 is 14.3 Å². The highest BCUT2D eigenvalue weighted by molar-refractivity contribution is 5.64. The van der Waals surface area contributed by atoms with Crippen LogP contribution in [0.25, 0.3) is 0 Å². The number of likely N-dealkylation sites (tertiary alicyclic amines) is 1. The van der Waals surface area contributed by atoms with Crippen molar-refractivity contribution in [1.29, 1.82) is 0 Å². The van der Waals surface area contributed by atoms with Crippen molar-refractivity contribution in [1.82, 2.24) is 4.90 Å². The molecule has 0 spiro atoms. The maximum atomic E-state index is 12.7. The summed E-state index contributed by atoms with van der Waals surface area (Å²) in [5, 5.41) is 8.87. The zero-order valence-corrected chi connectivity index (χ0v) is 11.0. The molecule has 2 rings (SSSR count). The molecule has 1 fully saturated rings. The molecule has 4 heteroatoms. The van der Waals surface area contributed by atoms with Crippen LogP contribution in [0, 0.1) is 11.7 Å². The summed E-state index contributed by atoms with van der Waals surface area (Å²) in [6.45, 7) is 1.33. The van der Waals surface area contributed by atoms with Crippen molar-refractivity contribution in [2.75, 3.05) is 13.1 Å². The zero-order valence-electron chi connectivity index (χ0n) is 11.0. The normalized spacial score (nSPS) is 16.6. The summed E-state index contributed by atoms with van der Waals surface area (Å²) in [5.41, 5.74) is 1.17. The Bertz CT molecular complexity index is 411. The summed E-state index contributed by atoms with van der Waals surface area (Å²) in [6.07, 6.45) is 4.32. The number of rotatable bonds is 4. The first-order valence-corrected chi connectivity index (χ1v) is 6.87. The molecule has 0 aromatic heterocycles. The topological polar surface area (TPSA) is 40.5 Å². The molecule has 1 amide bonds. The van der Waals surface area contributed by atoms with Gasteiger partial charge >= 0.3 is 6.09 Å². The van der Waals surface area contributed by atoms with Gasteiger partial charge in [-0.05, 0) is 55.7 Å². The minimum Gasteiger partial charge on any atom is -0.465 e. The molecular weight excluding hydrogens is 245 g/mol. The summed E-state index contributed by atoms with van der Waals surface area (Å²) >= 11 is 0. The van der Waals surface area contributed by atoms with Crippen molar-refractivity contribution in [3.8, 4) is 0 Å². The van der Waals surface area contributed by atoms with E-state index >= 15 is 0 Å². The summed E-state index contributed by atoms with van der Waals surface area (Å²) in [6, 6.07) is 6.67. The lowest BCUT2D eigenvalue weighted by molar-refractivity contribution is 0.123. The number of halogens is 1. The van der Waals surface area contributed by atoms with Crippen LogP contribution >= 0.6 is 0 Å². The van der Waals surface area contributed by atoms with E-state index in [1.54, 1.807) is 0 Å². The molecule has 1 aromatic carbocycles. The van der Waals surface area contributed by atoms with Gasteiger partial charge in [-0.15, -0.1) is 0 Å². The Hall–Kier alpha value is -1.58. The number of hydrogen-bond donors (Lipinski definition) is 1. The highest BCUT2D eigenvalue weighted by Crippen LogP contribution is 2.22. The molecule has 19 heavy (non-hydrogen) atoms. The van der Waals surface area contributed by atoms with Crippen LogP contribution in [0.4, 0.5) is 9.18 Å². The van der Waals surface area contributed by atoms with Crippen LogP contribution in [-0.2, 0) is 6.42 Å². The second kappa shape index (κ2) is 6.55. The van der Waals surface area contributed by atoms with E-state index in [1.807, 2.05) is 12.1 Å². The Kier molecular flexibility index (Phi) is 4.77. The maximum absolute atomic E-state index is 12.7. The fraction of sp³-hybridized carbons (Fsp3) is 0.533. The molecular formula is C15H20FNO2. The van der Waals surface area contributed by atoms with Gasteiger partial charge in [-0.1, -0.05) is 12.1 Å². The molecule has 0 bridgehead atoms. The third-order valence-electron chi connectivity index (χ3n) is 3.88. The van der Waals surface area contributed by atoms with Gasteiger partial charge in [0, 0.05) is 13.1 Å². The first-order valence-electron chi connectivity index (χ1n) is 6.87. The fourth-order valence-corrected chi connectivity index (χ4v) is 2.66. The number of piperidine rings is 1. The number of carbonyl (C=O) groups is 1. The smallest absolute Gasteiger partial charge is 0.407 e. The fourth-order valence-electron chi connectivity index (χ4n) is 2.66. The molecule has 104 valence electrons. The number of aryl methyl sites for hydroxylation is 1. The molecule has 0 atom stereocenters. The Balaban J connectivity index is 1.67. The van der Waals surface area contributed by atoms with Gasteiger partial charge in [-0.25, -0.2) is 9.18 Å². The Morgan fingerprint density at radius 1 is 1.26 bits per heavy atom. The van der Waals surface area contributed by atoms with Gasteiger partial charge in [-0.3, -0.25) is 0 Å². The number of amides is 1. The molecule has 1 N–H and O–H groups in total. The Morgan fingerprint density at radius 3 is 2.47 bits per heavy atom. The van der Waals surface area contributed by atoms with Crippen LogP contribution in [0.3, 0.4) is 0 Å². The molecule has 1 aliphatic heterocycles. The molecule has 0 unspecified atom stereocenters. The monoisotopic (exact) mass is 265 g/mol. The summed E-state index contributed by atoms with van der Waals surface area (Å²) in [4.78, 5) is 12.3. The van der Waals surface area contributed by atoms with Crippen molar-refractivity contribution in [2.45, 2.75) is 32.1 Å². The number of hydrogen-bond acceptors (Lipinski definition) is 1. The molecule has 1 aromatic rings. The van der Waals surface area contributed by atoms with Crippen LogP contribution in [-0.4, -0.2) is 29.2 Å². The molecule has 0 radical (unpaired) electrons. The minimum absolute atomic E-state index is 0.190. The standard InChI is InChI=1S/C15H20FNO2/c16-14-6-4-12(5-7-14)2-1-3-13-8-10-17(11-9-13)15(18)19/h4-7,13H,1-3,8-11H2,(H,18,19). The van der Waals surface area contributed by atoms with E-state index in [2.05, 4.69) is 0 Å². The van der Waals surface area contributed by atoms with Gasteiger partial charge in [0.15, 0.2) is 0 Å². The second-order valence-electron chi connectivity index (χ2n) is 5.23. The van der Waals surface area contributed by atoms with Gasteiger partial charge < -0.3 is 10.0 Å². The predicted octanol–water partition coefficient (Wildman–Crippen LogP) is 3.54. The predicted molar refractivity (Wildman–Crippen MR) is 71.7 cm³/mol. The molecule has 0 saturated carbocycles. The summed E-state index contributed by atoms with van der Waals surface area (Å²) in [5.74, 6) is 0.445. The van der Waals surface area contributed by atoms with E-state index < -0.39 is 6.09 Å². The third kappa shape index (κ3) is 4.23. The Morgan fingerprint density at radius 2 is 1.89 bits per heavy atom. The van der Waals surface area contributed by atoms with Crippen molar-refractivity contribution in [2.24, 2.45) is 5.92 Å². The SMILES string of the molecule is O=C(O)N1CCC(CCCc2ccc(F)cc2)CC1. The van der Waals surface area contributed by atoms with E-state index in [0.717, 1.165) is 32.1 Å². The first kappa shape index (κ1) is 13.8. The quantitative estimate of drug-likeness (QED) is 0.904. The van der Waals surface area contributed by atoms with Crippen LogP contribution in [0.5, 0.6) is 0 Å². The first-order chi connectivity index (χ1) is 9.15. The average molecular weight is 265 g/mol. The van der Waals surface area contributed by atoms with Gasteiger partial charge in [-0.2, -0.15) is 0 Å². The van der Waals surface area contributed by atoms with Crippen molar-refractivity contribution in [3.05, 3.63) is 35.6 Å². The van der Waals surface area contributed by atoms with Gasteiger partial charge in [0.2, 0.25) is 0 Å². The van der Waals surface area contributed by atoms with E-state index in [9.17, 15) is 9.18 Å². The number of carboxylic acid groups (broad SMARTS) is 1. The van der Waals surface area contributed by atoms with E-state index in [1.165, 1.54) is 22.6 Å². The van der Waals surface area contributed by atoms with E-state index in [0.29, 0.717) is 19.0 Å². The molecule has 3 nitrogen and oxygen atoms in total. The van der Waals surface area contributed by atoms with Crippen LogP contribution in [0.1, 0.15) is 31.2 Å². The summed E-state index contributed by atoms with van der Waals surface area (Å²) in [7, 11) is 0. The largest absolute Gasteiger partial charge is 0.465 e. The van der Waals surface area contributed by atoms with E-state index in [-0.39, 0.29) is 5.82 Å². The molecule has 1 heterocycles. The minimum atomic E-state index is -0.801. The Labute approximate surface area is 113 Å². The molecule has 1 saturated heterocycles. The molecule has 0 aliphatic carbocycles. The maximum Gasteiger partial charge on any atom is 0.407 e. The molecule has 1 aliphatic rings. The summed E-state index contributed by atoms with van der Waals surface area (Å²) < 4.78 is 12.7.